The van der Waals surface area contributed by atoms with Gasteiger partial charge in [-0.25, -0.2) is 4.98 Å². The zero-order valence-electron chi connectivity index (χ0n) is 12.8. The molecule has 1 aromatic heterocycles. The second kappa shape index (κ2) is 8.45. The molecule has 2 rings (SSSR count). The van der Waals surface area contributed by atoms with Crippen molar-refractivity contribution in [3.05, 3.63) is 35.5 Å². The van der Waals surface area contributed by atoms with Gasteiger partial charge in [0, 0.05) is 19.3 Å². The maximum Gasteiger partial charge on any atom is 0.252 e. The highest BCUT2D eigenvalue weighted by Gasteiger charge is 2.05. The zero-order valence-corrected chi connectivity index (χ0v) is 12.8. The second-order valence-electron chi connectivity index (χ2n) is 5.43. The monoisotopic (exact) mass is 287 g/mol. The molecule has 1 heterocycles. The van der Waals surface area contributed by atoms with Crippen molar-refractivity contribution in [3.8, 4) is 0 Å². The van der Waals surface area contributed by atoms with Crippen molar-refractivity contribution in [2.45, 2.75) is 45.4 Å². The van der Waals surface area contributed by atoms with E-state index < -0.39 is 0 Å². The van der Waals surface area contributed by atoms with Crippen LogP contribution < -0.4 is 10.6 Å². The van der Waals surface area contributed by atoms with E-state index in [1.807, 2.05) is 19.1 Å². The fourth-order valence-corrected chi connectivity index (χ4v) is 2.55. The molecule has 0 atom stereocenters. The van der Waals surface area contributed by atoms with Crippen LogP contribution in [0.2, 0.25) is 0 Å². The summed E-state index contributed by atoms with van der Waals surface area (Å²) in [5, 5.41) is 6.09. The summed E-state index contributed by atoms with van der Waals surface area (Å²) in [4.78, 5) is 15.9. The van der Waals surface area contributed by atoms with Gasteiger partial charge in [0.05, 0.1) is 5.56 Å². The Bertz CT molecular complexity index is 479. The van der Waals surface area contributed by atoms with Crippen LogP contribution in [0.15, 0.2) is 30.0 Å². The predicted molar refractivity (Wildman–Crippen MR) is 86.5 cm³/mol. The molecule has 0 radical (unpaired) electrons. The van der Waals surface area contributed by atoms with Crippen LogP contribution >= 0.6 is 0 Å². The number of anilines is 1. The molecule has 4 nitrogen and oxygen atoms in total. The molecule has 0 unspecified atom stereocenters. The Morgan fingerprint density at radius 2 is 2.19 bits per heavy atom. The molecule has 0 saturated heterocycles. The molecule has 1 aliphatic rings. The molecule has 1 aromatic rings. The average molecular weight is 287 g/mol. The lowest BCUT2D eigenvalue weighted by Gasteiger charge is -2.08. The summed E-state index contributed by atoms with van der Waals surface area (Å²) in [6.45, 7) is 3.44. The molecule has 1 aliphatic carbocycles. The maximum atomic E-state index is 11.6. The zero-order chi connectivity index (χ0) is 14.9. The number of hydrogen-bond donors (Lipinski definition) is 2. The molecule has 1 amide bonds. The molecule has 0 spiro atoms. The van der Waals surface area contributed by atoms with E-state index in [1.165, 1.54) is 32.1 Å². The highest BCUT2D eigenvalue weighted by atomic mass is 16.1. The lowest BCUT2D eigenvalue weighted by molar-refractivity contribution is 0.0955. The molecule has 2 N–H and O–H groups in total. The summed E-state index contributed by atoms with van der Waals surface area (Å²) in [6, 6.07) is 3.68. The average Bonchev–Trinajstić information content (AvgIpc) is 2.77. The van der Waals surface area contributed by atoms with E-state index in [0.717, 1.165) is 18.8 Å². The van der Waals surface area contributed by atoms with Crippen molar-refractivity contribution < 1.29 is 4.79 Å². The van der Waals surface area contributed by atoms with Gasteiger partial charge in [0.25, 0.3) is 5.91 Å². The van der Waals surface area contributed by atoms with E-state index in [0.29, 0.717) is 12.1 Å². The number of carbonyl (C=O) groups excluding carboxylic acids is 1. The predicted octanol–water partition coefficient (Wildman–Crippen LogP) is 3.52. The van der Waals surface area contributed by atoms with Gasteiger partial charge < -0.3 is 10.6 Å². The van der Waals surface area contributed by atoms with Crippen LogP contribution in [0.25, 0.3) is 0 Å². The number of hydrogen-bond acceptors (Lipinski definition) is 3. The minimum atomic E-state index is -0.0693. The van der Waals surface area contributed by atoms with Gasteiger partial charge >= 0.3 is 0 Å². The van der Waals surface area contributed by atoms with Crippen LogP contribution in [0, 0.1) is 0 Å². The number of nitrogens with one attached hydrogen (secondary N) is 2. The van der Waals surface area contributed by atoms with Gasteiger partial charge in [-0.3, -0.25) is 4.79 Å². The summed E-state index contributed by atoms with van der Waals surface area (Å²) >= 11 is 0. The third kappa shape index (κ3) is 5.21. The molecular formula is C17H25N3O. The molecule has 114 valence electrons. The van der Waals surface area contributed by atoms with Crippen LogP contribution in [0.5, 0.6) is 0 Å². The number of amides is 1. The standard InChI is InChI=1S/C17H25N3O/c1-2-18-17(21)15-9-10-16(20-13-15)19-12-11-14-7-5-3-4-6-8-14/h7,9-10,13H,2-6,8,11-12H2,1H3,(H,18,21)(H,19,20). The Hall–Kier alpha value is -1.84. The van der Waals surface area contributed by atoms with Gasteiger partial charge in [0.1, 0.15) is 5.82 Å². The van der Waals surface area contributed by atoms with Gasteiger partial charge in [0.15, 0.2) is 0 Å². The van der Waals surface area contributed by atoms with Crippen LogP contribution in [-0.4, -0.2) is 24.0 Å². The van der Waals surface area contributed by atoms with Gasteiger partial charge in [0.2, 0.25) is 0 Å². The molecular weight excluding hydrogens is 262 g/mol. The van der Waals surface area contributed by atoms with Gasteiger partial charge in [-0.1, -0.05) is 18.1 Å². The number of carbonyl (C=O) groups is 1. The minimum Gasteiger partial charge on any atom is -0.370 e. The molecule has 0 saturated carbocycles. The fraction of sp³-hybridized carbons (Fsp3) is 0.529. The number of aromatic nitrogens is 1. The first-order valence-electron chi connectivity index (χ1n) is 7.95. The normalized spacial score (nSPS) is 15.0. The Kier molecular flexibility index (Phi) is 6.25. The van der Waals surface area contributed by atoms with Crippen molar-refractivity contribution in [1.82, 2.24) is 10.3 Å². The second-order valence-corrected chi connectivity index (χ2v) is 5.43. The molecule has 0 bridgehead atoms. The summed E-state index contributed by atoms with van der Waals surface area (Å²) in [5.41, 5.74) is 2.17. The van der Waals surface area contributed by atoms with Gasteiger partial charge in [-0.2, -0.15) is 0 Å². The summed E-state index contributed by atoms with van der Waals surface area (Å²) in [7, 11) is 0. The summed E-state index contributed by atoms with van der Waals surface area (Å²) in [6.07, 6.45) is 11.6. The van der Waals surface area contributed by atoms with Crippen LogP contribution in [-0.2, 0) is 0 Å². The first-order valence-corrected chi connectivity index (χ1v) is 7.95. The van der Waals surface area contributed by atoms with E-state index in [9.17, 15) is 4.79 Å². The van der Waals surface area contributed by atoms with Gasteiger partial charge in [-0.05, 0) is 51.2 Å². The Labute approximate surface area is 127 Å². The van der Waals surface area contributed by atoms with Crippen molar-refractivity contribution >= 4 is 11.7 Å². The van der Waals surface area contributed by atoms with E-state index in [-0.39, 0.29) is 5.91 Å². The van der Waals surface area contributed by atoms with Gasteiger partial charge in [-0.15, -0.1) is 0 Å². The topological polar surface area (TPSA) is 54.0 Å². The largest absolute Gasteiger partial charge is 0.370 e. The van der Waals surface area contributed by atoms with E-state index >= 15 is 0 Å². The minimum absolute atomic E-state index is 0.0693. The molecule has 21 heavy (non-hydrogen) atoms. The number of nitrogens with zero attached hydrogens (tertiary/aromatic N) is 1. The van der Waals surface area contributed by atoms with E-state index in [4.69, 9.17) is 0 Å². The highest BCUT2D eigenvalue weighted by Crippen LogP contribution is 2.19. The fourth-order valence-electron chi connectivity index (χ4n) is 2.55. The highest BCUT2D eigenvalue weighted by molar-refractivity contribution is 5.93. The third-order valence-electron chi connectivity index (χ3n) is 3.75. The SMILES string of the molecule is CCNC(=O)c1ccc(NCCC2=CCCCCC2)nc1. The van der Waals surface area contributed by atoms with E-state index in [1.54, 1.807) is 11.8 Å². The number of allylic oxidation sites excluding steroid dienone is 1. The first kappa shape index (κ1) is 15.5. The van der Waals surface area contributed by atoms with Crippen molar-refractivity contribution in [2.75, 3.05) is 18.4 Å². The van der Waals surface area contributed by atoms with Crippen LogP contribution in [0.3, 0.4) is 0 Å². The third-order valence-corrected chi connectivity index (χ3v) is 3.75. The molecule has 0 aromatic carbocycles. The van der Waals surface area contributed by atoms with Crippen molar-refractivity contribution in [2.24, 2.45) is 0 Å². The maximum absolute atomic E-state index is 11.6. The number of rotatable bonds is 6. The lowest BCUT2D eigenvalue weighted by atomic mass is 10.1. The molecule has 4 heteroatoms. The molecule has 0 aliphatic heterocycles. The molecule has 0 fully saturated rings. The van der Waals surface area contributed by atoms with Crippen molar-refractivity contribution in [3.63, 3.8) is 0 Å². The smallest absolute Gasteiger partial charge is 0.252 e. The Morgan fingerprint density at radius 3 is 2.95 bits per heavy atom. The quantitative estimate of drug-likeness (QED) is 0.787. The number of pyridine rings is 1. The van der Waals surface area contributed by atoms with Crippen LogP contribution in [0.4, 0.5) is 5.82 Å². The van der Waals surface area contributed by atoms with E-state index in [2.05, 4.69) is 21.7 Å². The van der Waals surface area contributed by atoms with Crippen molar-refractivity contribution in [1.29, 1.82) is 0 Å². The summed E-state index contributed by atoms with van der Waals surface area (Å²) in [5.74, 6) is 0.762. The Morgan fingerprint density at radius 1 is 1.29 bits per heavy atom. The summed E-state index contributed by atoms with van der Waals surface area (Å²) < 4.78 is 0. The lowest BCUT2D eigenvalue weighted by Crippen LogP contribution is -2.22. The van der Waals surface area contributed by atoms with Crippen LogP contribution in [0.1, 0.15) is 55.8 Å². The first-order chi connectivity index (χ1) is 10.3. The Balaban J connectivity index is 1.78.